The Morgan fingerprint density at radius 2 is 2.05 bits per heavy atom. The maximum Gasteiger partial charge on any atom is 0.291 e. The first kappa shape index (κ1) is 17.2. The molecule has 2 rings (SSSR count). The number of benzene rings is 1. The molecule has 9 heteroatoms. The zero-order chi connectivity index (χ0) is 16.0. The highest BCUT2D eigenvalue weighted by Crippen LogP contribution is 2.33. The first-order chi connectivity index (χ1) is 9.72. The van der Waals surface area contributed by atoms with Gasteiger partial charge in [-0.1, -0.05) is 43.1 Å². The number of aromatic amines is 1. The van der Waals surface area contributed by atoms with Gasteiger partial charge in [0, 0.05) is 16.5 Å². The fourth-order valence-corrected chi connectivity index (χ4v) is 2.51. The smallest absolute Gasteiger partial charge is 0.291 e. The summed E-state index contributed by atoms with van der Waals surface area (Å²) in [5, 5.41) is 21.7. The molecule has 0 unspecified atom stereocenters. The molecule has 0 bridgehead atoms. The van der Waals surface area contributed by atoms with E-state index in [0.717, 1.165) is 17.8 Å². The van der Waals surface area contributed by atoms with Crippen molar-refractivity contribution in [1.29, 1.82) is 0 Å². The standard InChI is InChI=1S/C12H13Cl2N3.HNO3/c1-12(2,6-11-15-7-16-17-11)9-4-3-8(13)5-10(9)14;2-1(3)4/h3-5,7H,6H2,1-2H3,(H,15,16,17);(H,2,3,4). The van der Waals surface area contributed by atoms with E-state index in [4.69, 9.17) is 38.5 Å². The zero-order valence-electron chi connectivity index (χ0n) is 11.4. The van der Waals surface area contributed by atoms with Gasteiger partial charge in [-0.25, -0.2) is 4.98 Å². The fraction of sp³-hybridized carbons (Fsp3) is 0.333. The van der Waals surface area contributed by atoms with Crippen molar-refractivity contribution in [3.05, 3.63) is 56.1 Å². The molecule has 0 aliphatic carbocycles. The molecule has 2 aromatic rings. The average molecular weight is 333 g/mol. The molecule has 0 radical (unpaired) electrons. The first-order valence-corrected chi connectivity index (χ1v) is 6.61. The molecular weight excluding hydrogens is 319 g/mol. The van der Waals surface area contributed by atoms with Crippen LogP contribution in [-0.2, 0) is 11.8 Å². The summed E-state index contributed by atoms with van der Waals surface area (Å²) in [5.41, 5.74) is 0.914. The van der Waals surface area contributed by atoms with Crippen LogP contribution in [0.4, 0.5) is 0 Å². The number of nitrogens with zero attached hydrogens (tertiary/aromatic N) is 3. The molecule has 21 heavy (non-hydrogen) atoms. The molecule has 0 saturated heterocycles. The van der Waals surface area contributed by atoms with Gasteiger partial charge in [0.2, 0.25) is 0 Å². The van der Waals surface area contributed by atoms with Crippen molar-refractivity contribution in [2.24, 2.45) is 0 Å². The van der Waals surface area contributed by atoms with Crippen molar-refractivity contribution in [3.63, 3.8) is 0 Å². The van der Waals surface area contributed by atoms with Gasteiger partial charge in [0.25, 0.3) is 5.09 Å². The molecule has 1 aromatic carbocycles. The van der Waals surface area contributed by atoms with Gasteiger partial charge in [-0.3, -0.25) is 5.10 Å². The number of hydrogen-bond acceptors (Lipinski definition) is 4. The van der Waals surface area contributed by atoms with Crippen molar-refractivity contribution < 1.29 is 10.3 Å². The van der Waals surface area contributed by atoms with Crippen LogP contribution in [0.25, 0.3) is 0 Å². The molecule has 0 aliphatic rings. The molecule has 0 saturated carbocycles. The Kier molecular flexibility index (Phi) is 5.92. The van der Waals surface area contributed by atoms with E-state index < -0.39 is 5.09 Å². The lowest BCUT2D eigenvalue weighted by atomic mass is 9.81. The van der Waals surface area contributed by atoms with Crippen LogP contribution in [0.5, 0.6) is 0 Å². The molecule has 7 nitrogen and oxygen atoms in total. The Morgan fingerprint density at radius 3 is 2.52 bits per heavy atom. The van der Waals surface area contributed by atoms with E-state index in [1.807, 2.05) is 12.1 Å². The third kappa shape index (κ3) is 5.57. The summed E-state index contributed by atoms with van der Waals surface area (Å²) in [6, 6.07) is 5.57. The van der Waals surface area contributed by atoms with Crippen LogP contribution in [0, 0.1) is 10.1 Å². The second-order valence-electron chi connectivity index (χ2n) is 4.84. The second-order valence-corrected chi connectivity index (χ2v) is 5.68. The fourth-order valence-electron chi connectivity index (χ4n) is 1.85. The Hall–Kier alpha value is -1.86. The molecule has 1 aromatic heterocycles. The van der Waals surface area contributed by atoms with Gasteiger partial charge in [-0.2, -0.15) is 5.10 Å². The van der Waals surface area contributed by atoms with Crippen LogP contribution >= 0.6 is 23.2 Å². The minimum Gasteiger partial charge on any atom is -0.328 e. The topological polar surface area (TPSA) is 105 Å². The Morgan fingerprint density at radius 1 is 1.43 bits per heavy atom. The van der Waals surface area contributed by atoms with Gasteiger partial charge in [-0.05, 0) is 23.1 Å². The number of aromatic nitrogens is 3. The van der Waals surface area contributed by atoms with E-state index in [-0.39, 0.29) is 5.41 Å². The van der Waals surface area contributed by atoms with E-state index in [1.165, 1.54) is 0 Å². The summed E-state index contributed by atoms with van der Waals surface area (Å²) >= 11 is 12.1. The number of hydrogen-bond donors (Lipinski definition) is 2. The van der Waals surface area contributed by atoms with E-state index in [9.17, 15) is 0 Å². The summed E-state index contributed by atoms with van der Waals surface area (Å²) in [4.78, 5) is 12.5. The lowest BCUT2D eigenvalue weighted by molar-refractivity contribution is -0.742. The third-order valence-corrected chi connectivity index (χ3v) is 3.27. The SMILES string of the molecule is CC(C)(Cc1nc[nH]n1)c1ccc(Cl)cc1Cl.O=[N+]([O-])O. The highest BCUT2D eigenvalue weighted by atomic mass is 35.5. The maximum absolute atomic E-state index is 8.36. The number of H-pyrrole nitrogens is 1. The molecule has 0 atom stereocenters. The largest absolute Gasteiger partial charge is 0.328 e. The predicted molar refractivity (Wildman–Crippen MR) is 78.4 cm³/mol. The lowest BCUT2D eigenvalue weighted by Gasteiger charge is -2.25. The Balaban J connectivity index is 0.000000491. The summed E-state index contributed by atoms with van der Waals surface area (Å²) < 4.78 is 0. The summed E-state index contributed by atoms with van der Waals surface area (Å²) in [7, 11) is 0. The molecule has 0 amide bonds. The zero-order valence-corrected chi connectivity index (χ0v) is 12.9. The van der Waals surface area contributed by atoms with Crippen molar-refractivity contribution >= 4 is 23.2 Å². The second kappa shape index (κ2) is 7.24. The summed E-state index contributed by atoms with van der Waals surface area (Å²) in [5.74, 6) is 0.779. The van der Waals surface area contributed by atoms with Crippen molar-refractivity contribution in [2.75, 3.05) is 0 Å². The van der Waals surface area contributed by atoms with Crippen LogP contribution < -0.4 is 0 Å². The highest BCUT2D eigenvalue weighted by molar-refractivity contribution is 6.35. The highest BCUT2D eigenvalue weighted by Gasteiger charge is 2.25. The summed E-state index contributed by atoms with van der Waals surface area (Å²) in [6.45, 7) is 4.22. The van der Waals surface area contributed by atoms with E-state index in [0.29, 0.717) is 10.0 Å². The molecule has 0 fully saturated rings. The van der Waals surface area contributed by atoms with Crippen LogP contribution in [0.2, 0.25) is 10.0 Å². The molecule has 1 heterocycles. The van der Waals surface area contributed by atoms with E-state index >= 15 is 0 Å². The van der Waals surface area contributed by atoms with Crippen molar-refractivity contribution in [1.82, 2.24) is 15.2 Å². The molecular formula is C12H14Cl2N4O3. The number of rotatable bonds is 3. The molecule has 2 N–H and O–H groups in total. The van der Waals surface area contributed by atoms with Gasteiger partial charge in [-0.15, -0.1) is 10.1 Å². The lowest BCUT2D eigenvalue weighted by Crippen LogP contribution is -2.21. The quantitative estimate of drug-likeness (QED) is 0.662. The Bertz CT molecular complexity index is 599. The first-order valence-electron chi connectivity index (χ1n) is 5.86. The maximum atomic E-state index is 8.36. The monoisotopic (exact) mass is 332 g/mol. The van der Waals surface area contributed by atoms with Gasteiger partial charge >= 0.3 is 0 Å². The predicted octanol–water partition coefficient (Wildman–Crippen LogP) is 3.28. The number of halogens is 2. The van der Waals surface area contributed by atoms with Crippen LogP contribution in [0.1, 0.15) is 25.2 Å². The molecule has 114 valence electrons. The minimum absolute atomic E-state index is 0.135. The third-order valence-electron chi connectivity index (χ3n) is 2.73. The summed E-state index contributed by atoms with van der Waals surface area (Å²) in [6.07, 6.45) is 2.30. The number of nitrogens with one attached hydrogen (secondary N) is 1. The van der Waals surface area contributed by atoms with Crippen LogP contribution in [0.15, 0.2) is 24.5 Å². The normalized spacial score (nSPS) is 10.7. The van der Waals surface area contributed by atoms with Crippen LogP contribution in [-0.4, -0.2) is 25.5 Å². The van der Waals surface area contributed by atoms with Gasteiger partial charge in [0.1, 0.15) is 6.33 Å². The van der Waals surface area contributed by atoms with Gasteiger partial charge < -0.3 is 5.21 Å². The van der Waals surface area contributed by atoms with E-state index in [1.54, 1.807) is 12.4 Å². The van der Waals surface area contributed by atoms with Gasteiger partial charge in [0.05, 0.1) is 0 Å². The molecule has 0 aliphatic heterocycles. The minimum atomic E-state index is -1.50. The van der Waals surface area contributed by atoms with Crippen LogP contribution in [0.3, 0.4) is 0 Å². The van der Waals surface area contributed by atoms with Crippen molar-refractivity contribution in [3.8, 4) is 0 Å². The average Bonchev–Trinajstić information content (AvgIpc) is 2.79. The Labute approximate surface area is 131 Å². The molecule has 0 spiro atoms. The van der Waals surface area contributed by atoms with Crippen molar-refractivity contribution in [2.45, 2.75) is 25.7 Å². The van der Waals surface area contributed by atoms with E-state index in [2.05, 4.69) is 29.0 Å². The van der Waals surface area contributed by atoms with Gasteiger partial charge in [0.15, 0.2) is 5.82 Å².